The van der Waals surface area contributed by atoms with Crippen LogP contribution in [0.5, 0.6) is 0 Å². The van der Waals surface area contributed by atoms with E-state index in [2.05, 4.69) is 32.7 Å². The van der Waals surface area contributed by atoms with Gasteiger partial charge in [0.2, 0.25) is 11.1 Å². The zero-order valence-electron chi connectivity index (χ0n) is 13.7. The van der Waals surface area contributed by atoms with Crippen LogP contribution in [0.2, 0.25) is 0 Å². The molecule has 1 aromatic carbocycles. The lowest BCUT2D eigenvalue weighted by atomic mass is 10.2. The highest BCUT2D eigenvalue weighted by atomic mass is 79.9. The van der Waals surface area contributed by atoms with Crippen molar-refractivity contribution in [2.24, 2.45) is 0 Å². The Kier molecular flexibility index (Phi) is 6.44. The molecule has 0 radical (unpaired) electrons. The minimum absolute atomic E-state index is 0.0240. The number of benzene rings is 1. The molecular weight excluding hydrogens is 390 g/mol. The van der Waals surface area contributed by atoms with Crippen molar-refractivity contribution < 1.29 is 4.79 Å². The van der Waals surface area contributed by atoms with E-state index in [9.17, 15) is 4.79 Å². The first-order valence-corrected chi connectivity index (χ1v) is 9.22. The molecule has 0 bridgehead atoms. The minimum atomic E-state index is 0.0240. The van der Waals surface area contributed by atoms with Crippen molar-refractivity contribution in [1.29, 1.82) is 0 Å². The maximum atomic E-state index is 12.3. The third-order valence-corrected chi connectivity index (χ3v) is 4.92. The zero-order valence-corrected chi connectivity index (χ0v) is 16.1. The molecule has 2 rings (SSSR count). The first-order valence-electron chi connectivity index (χ1n) is 7.44. The summed E-state index contributed by atoms with van der Waals surface area (Å²) >= 11 is 4.75. The van der Waals surface area contributed by atoms with Gasteiger partial charge in [0.1, 0.15) is 0 Å². The SMILES string of the molecule is C=C(C)CN(CC)C(=O)CSc1nnc(-c2ccccc2Br)n1N. The van der Waals surface area contributed by atoms with Crippen molar-refractivity contribution in [3.63, 3.8) is 0 Å². The van der Waals surface area contributed by atoms with Crippen molar-refractivity contribution >= 4 is 33.6 Å². The molecule has 6 nitrogen and oxygen atoms in total. The van der Waals surface area contributed by atoms with Crippen LogP contribution < -0.4 is 5.84 Å². The minimum Gasteiger partial charge on any atom is -0.338 e. The summed E-state index contributed by atoms with van der Waals surface area (Å²) in [5.41, 5.74) is 1.80. The number of hydrogen-bond acceptors (Lipinski definition) is 5. The highest BCUT2D eigenvalue weighted by Crippen LogP contribution is 2.27. The maximum absolute atomic E-state index is 12.3. The molecule has 24 heavy (non-hydrogen) atoms. The summed E-state index contributed by atoms with van der Waals surface area (Å²) in [5, 5.41) is 8.73. The Morgan fingerprint density at radius 2 is 2.12 bits per heavy atom. The zero-order chi connectivity index (χ0) is 17.7. The maximum Gasteiger partial charge on any atom is 0.233 e. The summed E-state index contributed by atoms with van der Waals surface area (Å²) < 4.78 is 2.29. The first-order chi connectivity index (χ1) is 11.4. The molecule has 2 aromatic rings. The van der Waals surface area contributed by atoms with E-state index >= 15 is 0 Å². The third kappa shape index (κ3) is 4.39. The fraction of sp³-hybridized carbons (Fsp3) is 0.312. The van der Waals surface area contributed by atoms with Gasteiger partial charge in [-0.3, -0.25) is 4.79 Å². The monoisotopic (exact) mass is 409 g/mol. The van der Waals surface area contributed by atoms with Crippen LogP contribution in [-0.4, -0.2) is 44.5 Å². The van der Waals surface area contributed by atoms with E-state index in [0.29, 0.717) is 24.1 Å². The molecule has 0 aliphatic heterocycles. The molecule has 1 amide bonds. The number of nitrogens with zero attached hydrogens (tertiary/aromatic N) is 4. The van der Waals surface area contributed by atoms with Crippen LogP contribution in [0, 0.1) is 0 Å². The number of aromatic nitrogens is 3. The number of rotatable bonds is 7. The number of carbonyl (C=O) groups is 1. The third-order valence-electron chi connectivity index (χ3n) is 3.30. The average molecular weight is 410 g/mol. The average Bonchev–Trinajstić information content (AvgIpc) is 2.91. The predicted molar refractivity (Wildman–Crippen MR) is 101 cm³/mol. The summed E-state index contributed by atoms with van der Waals surface area (Å²) in [6, 6.07) is 7.64. The van der Waals surface area contributed by atoms with Crippen LogP contribution >= 0.6 is 27.7 Å². The van der Waals surface area contributed by atoms with E-state index < -0.39 is 0 Å². The highest BCUT2D eigenvalue weighted by Gasteiger charge is 2.17. The van der Waals surface area contributed by atoms with E-state index in [1.165, 1.54) is 16.4 Å². The summed E-state index contributed by atoms with van der Waals surface area (Å²) in [6.45, 7) is 8.91. The Balaban J connectivity index is 2.08. The summed E-state index contributed by atoms with van der Waals surface area (Å²) in [5.74, 6) is 6.92. The molecule has 0 atom stereocenters. The van der Waals surface area contributed by atoms with Gasteiger partial charge in [-0.1, -0.05) is 52.0 Å². The number of likely N-dealkylation sites (N-methyl/N-ethyl adjacent to an activating group) is 1. The molecule has 8 heteroatoms. The van der Waals surface area contributed by atoms with Crippen molar-refractivity contribution in [2.45, 2.75) is 19.0 Å². The standard InChI is InChI=1S/C16H20BrN5OS/c1-4-21(9-11(2)3)14(23)10-24-16-20-19-15(22(16)18)12-7-5-6-8-13(12)17/h5-8H,2,4,9-10,18H2,1,3H3. The van der Waals surface area contributed by atoms with Gasteiger partial charge in [-0.2, -0.15) is 0 Å². The van der Waals surface area contributed by atoms with Crippen LogP contribution in [0.25, 0.3) is 11.4 Å². The number of halogens is 1. The molecule has 0 unspecified atom stereocenters. The predicted octanol–water partition coefficient (Wildman–Crippen LogP) is 2.94. The Morgan fingerprint density at radius 1 is 1.42 bits per heavy atom. The molecule has 1 heterocycles. The molecule has 0 saturated carbocycles. The lowest BCUT2D eigenvalue weighted by molar-refractivity contribution is -0.127. The van der Waals surface area contributed by atoms with Gasteiger partial charge in [-0.25, -0.2) is 4.68 Å². The molecule has 2 N–H and O–H groups in total. The van der Waals surface area contributed by atoms with Crippen molar-refractivity contribution in [1.82, 2.24) is 19.8 Å². The van der Waals surface area contributed by atoms with Crippen LogP contribution in [0.1, 0.15) is 13.8 Å². The van der Waals surface area contributed by atoms with E-state index in [1.54, 1.807) is 4.90 Å². The largest absolute Gasteiger partial charge is 0.338 e. The smallest absolute Gasteiger partial charge is 0.233 e. The second-order valence-electron chi connectivity index (χ2n) is 5.31. The Bertz CT molecular complexity index is 746. The molecular formula is C16H20BrN5OS. The Labute approximate surface area is 154 Å². The topological polar surface area (TPSA) is 77.0 Å². The fourth-order valence-electron chi connectivity index (χ4n) is 2.12. The van der Waals surface area contributed by atoms with Gasteiger partial charge in [0.25, 0.3) is 0 Å². The molecule has 0 fully saturated rings. The van der Waals surface area contributed by atoms with Crippen molar-refractivity contribution in [2.75, 3.05) is 24.7 Å². The fourth-order valence-corrected chi connectivity index (χ4v) is 3.34. The second kappa shape index (κ2) is 8.34. The van der Waals surface area contributed by atoms with Crippen molar-refractivity contribution in [3.05, 3.63) is 40.9 Å². The van der Waals surface area contributed by atoms with Crippen LogP contribution in [0.15, 0.2) is 46.0 Å². The highest BCUT2D eigenvalue weighted by molar-refractivity contribution is 9.10. The number of nitrogens with two attached hydrogens (primary N) is 1. The van der Waals surface area contributed by atoms with E-state index in [1.807, 2.05) is 38.1 Å². The normalized spacial score (nSPS) is 10.6. The number of nitrogen functional groups attached to an aromatic ring is 1. The lowest BCUT2D eigenvalue weighted by Crippen LogP contribution is -2.33. The summed E-state index contributed by atoms with van der Waals surface area (Å²) in [7, 11) is 0. The van der Waals surface area contributed by atoms with E-state index in [4.69, 9.17) is 5.84 Å². The number of hydrogen-bond donors (Lipinski definition) is 1. The van der Waals surface area contributed by atoms with Gasteiger partial charge < -0.3 is 10.7 Å². The van der Waals surface area contributed by atoms with Crippen molar-refractivity contribution in [3.8, 4) is 11.4 Å². The second-order valence-corrected chi connectivity index (χ2v) is 7.11. The van der Waals surface area contributed by atoms with Gasteiger partial charge in [0.15, 0.2) is 5.82 Å². The molecule has 0 spiro atoms. The van der Waals surface area contributed by atoms with Gasteiger partial charge in [0.05, 0.1) is 5.75 Å². The number of carbonyl (C=O) groups excluding carboxylic acids is 1. The molecule has 0 saturated heterocycles. The van der Waals surface area contributed by atoms with E-state index in [-0.39, 0.29) is 11.7 Å². The molecule has 128 valence electrons. The number of amides is 1. The van der Waals surface area contributed by atoms with E-state index in [0.717, 1.165) is 15.6 Å². The first kappa shape index (κ1) is 18.5. The molecule has 0 aliphatic rings. The molecule has 1 aromatic heterocycles. The Morgan fingerprint density at radius 3 is 2.75 bits per heavy atom. The number of thioether (sulfide) groups is 1. The van der Waals surface area contributed by atoms with Gasteiger partial charge in [-0.15, -0.1) is 10.2 Å². The van der Waals surface area contributed by atoms with Gasteiger partial charge in [-0.05, 0) is 26.0 Å². The van der Waals surface area contributed by atoms with Crippen LogP contribution in [0.3, 0.4) is 0 Å². The van der Waals surface area contributed by atoms with Crippen LogP contribution in [0.4, 0.5) is 0 Å². The quantitative estimate of drug-likeness (QED) is 0.432. The van der Waals surface area contributed by atoms with Gasteiger partial charge >= 0.3 is 0 Å². The summed E-state index contributed by atoms with van der Waals surface area (Å²) in [4.78, 5) is 14.0. The van der Waals surface area contributed by atoms with Gasteiger partial charge in [0, 0.05) is 23.1 Å². The van der Waals surface area contributed by atoms with Crippen LogP contribution in [-0.2, 0) is 4.79 Å². The summed E-state index contributed by atoms with van der Waals surface area (Å²) in [6.07, 6.45) is 0. The lowest BCUT2D eigenvalue weighted by Gasteiger charge is -2.20. The molecule has 0 aliphatic carbocycles. The Hall–Kier alpha value is -1.80.